The van der Waals surface area contributed by atoms with Crippen LogP contribution in [0.15, 0.2) is 78.9 Å². The minimum atomic E-state index is -0.292. The van der Waals surface area contributed by atoms with Crippen LogP contribution in [0.25, 0.3) is 22.4 Å². The molecule has 0 aliphatic carbocycles. The molecule has 6 nitrogen and oxygen atoms in total. The minimum absolute atomic E-state index is 0.0223. The van der Waals surface area contributed by atoms with E-state index in [1.807, 2.05) is 71.3 Å². The van der Waals surface area contributed by atoms with Gasteiger partial charge < -0.3 is 4.57 Å². The number of halogens is 1. The van der Waals surface area contributed by atoms with Crippen molar-refractivity contribution in [3.63, 3.8) is 0 Å². The number of amides is 2. The molecule has 5 rings (SSSR count). The van der Waals surface area contributed by atoms with Crippen molar-refractivity contribution in [2.24, 2.45) is 0 Å². The number of imidazole rings is 1. The fourth-order valence-corrected chi connectivity index (χ4v) is 5.01. The Bertz CT molecular complexity index is 1290. The maximum atomic E-state index is 13.1. The van der Waals surface area contributed by atoms with Gasteiger partial charge >= 0.3 is 0 Å². The SMILES string of the molecule is O=C(Cn1c(-c2ccc(Cl)cc2)nc2ccccc21)NN1C(=O)CSC1c1ccccc1. The summed E-state index contributed by atoms with van der Waals surface area (Å²) in [5.41, 5.74) is 6.28. The zero-order valence-electron chi connectivity index (χ0n) is 16.9. The lowest BCUT2D eigenvalue weighted by Crippen LogP contribution is -2.45. The van der Waals surface area contributed by atoms with Crippen LogP contribution in [0.1, 0.15) is 10.9 Å². The number of carbonyl (C=O) groups excluding carboxylic acids is 2. The Balaban J connectivity index is 1.44. The Kier molecular flexibility index (Phi) is 5.59. The van der Waals surface area contributed by atoms with E-state index in [0.717, 1.165) is 22.2 Å². The van der Waals surface area contributed by atoms with Gasteiger partial charge in [0, 0.05) is 10.6 Å². The molecule has 1 unspecified atom stereocenters. The number of hydrazine groups is 1. The van der Waals surface area contributed by atoms with Crippen molar-refractivity contribution in [1.29, 1.82) is 0 Å². The van der Waals surface area contributed by atoms with Crippen LogP contribution in [0, 0.1) is 0 Å². The first-order valence-corrected chi connectivity index (χ1v) is 11.5. The van der Waals surface area contributed by atoms with Gasteiger partial charge in [0.15, 0.2) is 0 Å². The summed E-state index contributed by atoms with van der Waals surface area (Å²) in [7, 11) is 0. The summed E-state index contributed by atoms with van der Waals surface area (Å²) >= 11 is 7.54. The highest BCUT2D eigenvalue weighted by Crippen LogP contribution is 2.37. The van der Waals surface area contributed by atoms with Gasteiger partial charge in [0.25, 0.3) is 11.8 Å². The lowest BCUT2D eigenvalue weighted by atomic mass is 10.2. The Hall–Kier alpha value is -3.29. The molecule has 1 aromatic heterocycles. The number of para-hydroxylation sites is 2. The number of hydrogen-bond donors (Lipinski definition) is 1. The van der Waals surface area contributed by atoms with Gasteiger partial charge in [-0.25, -0.2) is 9.99 Å². The quantitative estimate of drug-likeness (QED) is 0.468. The molecular formula is C24H19ClN4O2S. The third kappa shape index (κ3) is 3.97. The molecule has 1 N–H and O–H groups in total. The molecule has 0 saturated carbocycles. The van der Waals surface area contributed by atoms with Crippen LogP contribution in [-0.4, -0.2) is 32.1 Å². The summed E-state index contributed by atoms with van der Waals surface area (Å²) in [6.07, 6.45) is 0. The summed E-state index contributed by atoms with van der Waals surface area (Å²) in [4.78, 5) is 30.3. The molecule has 1 fully saturated rings. The van der Waals surface area contributed by atoms with Gasteiger partial charge in [-0.15, -0.1) is 11.8 Å². The molecule has 8 heteroatoms. The van der Waals surface area contributed by atoms with E-state index < -0.39 is 0 Å². The van der Waals surface area contributed by atoms with Crippen LogP contribution in [-0.2, 0) is 16.1 Å². The van der Waals surface area contributed by atoms with Gasteiger partial charge in [-0.05, 0) is 42.0 Å². The second-order valence-corrected chi connectivity index (χ2v) is 8.89. The normalized spacial score (nSPS) is 16.0. The van der Waals surface area contributed by atoms with Gasteiger partial charge in [0.1, 0.15) is 17.7 Å². The first-order chi connectivity index (χ1) is 15.6. The number of carbonyl (C=O) groups is 2. The van der Waals surface area contributed by atoms with Crippen molar-refractivity contribution in [1.82, 2.24) is 20.0 Å². The van der Waals surface area contributed by atoms with E-state index in [0.29, 0.717) is 16.6 Å². The molecule has 32 heavy (non-hydrogen) atoms. The predicted molar refractivity (Wildman–Crippen MR) is 127 cm³/mol. The van der Waals surface area contributed by atoms with Crippen LogP contribution >= 0.6 is 23.4 Å². The van der Waals surface area contributed by atoms with E-state index in [9.17, 15) is 9.59 Å². The molecule has 4 aromatic rings. The second-order valence-electron chi connectivity index (χ2n) is 7.39. The molecule has 1 aliphatic heterocycles. The van der Waals surface area contributed by atoms with Gasteiger partial charge in [-0.1, -0.05) is 54.1 Å². The molecule has 2 heterocycles. The van der Waals surface area contributed by atoms with Gasteiger partial charge in [-0.3, -0.25) is 15.0 Å². The van der Waals surface area contributed by atoms with E-state index >= 15 is 0 Å². The smallest absolute Gasteiger partial charge is 0.258 e. The van der Waals surface area contributed by atoms with E-state index in [4.69, 9.17) is 16.6 Å². The zero-order chi connectivity index (χ0) is 22.1. The number of fused-ring (bicyclic) bond motifs is 1. The number of hydrogen-bond acceptors (Lipinski definition) is 4. The Morgan fingerprint density at radius 1 is 1.03 bits per heavy atom. The number of thioether (sulfide) groups is 1. The summed E-state index contributed by atoms with van der Waals surface area (Å²) in [6, 6.07) is 24.7. The van der Waals surface area contributed by atoms with Crippen LogP contribution in [0.4, 0.5) is 0 Å². The molecule has 2 amide bonds. The van der Waals surface area contributed by atoms with Crippen LogP contribution in [0.3, 0.4) is 0 Å². The topological polar surface area (TPSA) is 67.2 Å². The Morgan fingerprint density at radius 2 is 1.75 bits per heavy atom. The highest BCUT2D eigenvalue weighted by Gasteiger charge is 2.34. The van der Waals surface area contributed by atoms with Crippen molar-refractivity contribution in [2.75, 3.05) is 5.75 Å². The zero-order valence-corrected chi connectivity index (χ0v) is 18.5. The number of benzene rings is 3. The standard InChI is InChI=1S/C24H19ClN4O2S/c25-18-12-10-16(11-13-18)23-26-19-8-4-5-9-20(19)28(23)14-21(30)27-29-22(31)15-32-24(29)17-6-2-1-3-7-17/h1-13,24H,14-15H2,(H,27,30). The number of nitrogens with zero attached hydrogens (tertiary/aromatic N) is 3. The Morgan fingerprint density at radius 3 is 2.53 bits per heavy atom. The molecule has 0 radical (unpaired) electrons. The fourth-order valence-electron chi connectivity index (χ4n) is 3.78. The highest BCUT2D eigenvalue weighted by molar-refractivity contribution is 8.00. The summed E-state index contributed by atoms with van der Waals surface area (Å²) < 4.78 is 1.86. The van der Waals surface area contributed by atoms with Crippen molar-refractivity contribution < 1.29 is 9.59 Å². The summed E-state index contributed by atoms with van der Waals surface area (Å²) in [6.45, 7) is 0.0223. The third-order valence-electron chi connectivity index (χ3n) is 5.26. The van der Waals surface area contributed by atoms with Crippen LogP contribution in [0.5, 0.6) is 0 Å². The predicted octanol–water partition coefficient (Wildman–Crippen LogP) is 4.66. The average Bonchev–Trinajstić information content (AvgIpc) is 3.36. The largest absolute Gasteiger partial charge is 0.314 e. The molecule has 0 spiro atoms. The summed E-state index contributed by atoms with van der Waals surface area (Å²) in [5, 5.41) is 1.82. The van der Waals surface area contributed by atoms with E-state index in [1.165, 1.54) is 16.8 Å². The molecule has 1 saturated heterocycles. The lowest BCUT2D eigenvalue weighted by Gasteiger charge is -2.25. The molecule has 0 bridgehead atoms. The third-order valence-corrected chi connectivity index (χ3v) is 6.72. The molecule has 3 aromatic carbocycles. The maximum absolute atomic E-state index is 13.1. The van der Waals surface area contributed by atoms with E-state index in [-0.39, 0.29) is 23.7 Å². The van der Waals surface area contributed by atoms with Gasteiger partial charge in [0.05, 0.1) is 16.8 Å². The number of nitrogens with one attached hydrogen (secondary N) is 1. The first-order valence-electron chi connectivity index (χ1n) is 10.1. The van der Waals surface area contributed by atoms with E-state index in [2.05, 4.69) is 5.43 Å². The van der Waals surface area contributed by atoms with E-state index in [1.54, 1.807) is 12.1 Å². The van der Waals surface area contributed by atoms with Crippen LogP contribution < -0.4 is 5.43 Å². The second kappa shape index (κ2) is 8.68. The molecule has 1 aliphatic rings. The average molecular weight is 463 g/mol. The highest BCUT2D eigenvalue weighted by atomic mass is 35.5. The maximum Gasteiger partial charge on any atom is 0.258 e. The van der Waals surface area contributed by atoms with Crippen molar-refractivity contribution in [3.05, 3.63) is 89.4 Å². The monoisotopic (exact) mass is 462 g/mol. The number of aromatic nitrogens is 2. The van der Waals surface area contributed by atoms with Gasteiger partial charge in [-0.2, -0.15) is 0 Å². The first kappa shape index (κ1) is 20.6. The van der Waals surface area contributed by atoms with Crippen molar-refractivity contribution >= 4 is 46.2 Å². The van der Waals surface area contributed by atoms with Crippen LogP contribution in [0.2, 0.25) is 5.02 Å². The molecular weight excluding hydrogens is 444 g/mol. The fraction of sp³-hybridized carbons (Fsp3) is 0.125. The Labute approximate surface area is 194 Å². The molecule has 1 atom stereocenters. The molecule has 160 valence electrons. The van der Waals surface area contributed by atoms with Crippen molar-refractivity contribution in [3.8, 4) is 11.4 Å². The minimum Gasteiger partial charge on any atom is -0.314 e. The summed E-state index contributed by atoms with van der Waals surface area (Å²) in [5.74, 6) is 0.578. The lowest BCUT2D eigenvalue weighted by molar-refractivity contribution is -0.139. The van der Waals surface area contributed by atoms with Gasteiger partial charge in [0.2, 0.25) is 0 Å². The van der Waals surface area contributed by atoms with Crippen molar-refractivity contribution in [2.45, 2.75) is 11.9 Å². The number of rotatable bonds is 5.